The van der Waals surface area contributed by atoms with Crippen molar-refractivity contribution in [1.29, 1.82) is 0 Å². The Balaban J connectivity index is 0.00000220. The lowest BCUT2D eigenvalue weighted by Crippen LogP contribution is -2.49. The first-order valence-electron chi connectivity index (χ1n) is 6.00. The number of nitrogens with one attached hydrogen (secondary N) is 1. The van der Waals surface area contributed by atoms with E-state index in [1.54, 1.807) is 0 Å². The molecule has 1 aliphatic rings. The fourth-order valence-electron chi connectivity index (χ4n) is 2.31. The second kappa shape index (κ2) is 8.14. The Kier molecular flexibility index (Phi) is 7.84. The third kappa shape index (κ3) is 4.34. The highest BCUT2D eigenvalue weighted by molar-refractivity contribution is 5.85. The Labute approximate surface area is 136 Å². The van der Waals surface area contributed by atoms with Gasteiger partial charge in [0.05, 0.1) is 5.56 Å². The van der Waals surface area contributed by atoms with E-state index in [-0.39, 0.29) is 37.9 Å². The number of alkyl halides is 3. The topological polar surface area (TPSA) is 35.5 Å². The highest BCUT2D eigenvalue weighted by Crippen LogP contribution is 2.43. The third-order valence-corrected chi connectivity index (χ3v) is 3.21. The first-order chi connectivity index (χ1) is 9.32. The van der Waals surface area contributed by atoms with Gasteiger partial charge in [-0.2, -0.15) is 13.2 Å². The van der Waals surface area contributed by atoms with Crippen molar-refractivity contribution in [3.8, 4) is 5.75 Å². The van der Waals surface area contributed by atoms with Crippen molar-refractivity contribution in [2.45, 2.75) is 12.2 Å². The minimum Gasteiger partial charge on any atom is -0.505 e. The Morgan fingerprint density at radius 2 is 1.55 bits per heavy atom. The summed E-state index contributed by atoms with van der Waals surface area (Å²) in [6, 6.07) is -1.18. The maximum absolute atomic E-state index is 13.7. The highest BCUT2D eigenvalue weighted by atomic mass is 35.5. The maximum atomic E-state index is 13.7. The third-order valence-electron chi connectivity index (χ3n) is 3.21. The van der Waals surface area contributed by atoms with Crippen LogP contribution in [0.4, 0.5) is 22.0 Å². The van der Waals surface area contributed by atoms with Gasteiger partial charge < -0.3 is 10.4 Å². The smallest absolute Gasteiger partial charge is 0.408 e. The molecule has 0 radical (unpaired) electrons. The Hall–Kier alpha value is -0.830. The molecule has 2 N–H and O–H groups in total. The molecule has 1 fully saturated rings. The minimum atomic E-state index is -4.82. The van der Waals surface area contributed by atoms with Crippen molar-refractivity contribution in [3.63, 3.8) is 0 Å². The molecule has 1 saturated heterocycles. The summed E-state index contributed by atoms with van der Waals surface area (Å²) in [4.78, 5) is 0.980. The van der Waals surface area contributed by atoms with E-state index in [2.05, 4.69) is 5.32 Å². The normalized spacial score (nSPS) is 17.3. The summed E-state index contributed by atoms with van der Waals surface area (Å²) in [5, 5.41) is 12.4. The molecule has 22 heavy (non-hydrogen) atoms. The predicted octanol–water partition coefficient (Wildman–Crippen LogP) is 3.02. The number of hydrogen-bond donors (Lipinski definition) is 2. The molecule has 0 aromatic heterocycles. The summed E-state index contributed by atoms with van der Waals surface area (Å²) >= 11 is 0. The van der Waals surface area contributed by atoms with Crippen LogP contribution in [0.1, 0.15) is 11.6 Å². The largest absolute Gasteiger partial charge is 0.505 e. The van der Waals surface area contributed by atoms with Gasteiger partial charge in [0.15, 0.2) is 11.6 Å². The van der Waals surface area contributed by atoms with Crippen molar-refractivity contribution < 1.29 is 27.1 Å². The molecule has 1 aromatic rings. The van der Waals surface area contributed by atoms with E-state index >= 15 is 0 Å². The van der Waals surface area contributed by atoms with Crippen LogP contribution in [0.25, 0.3) is 0 Å². The van der Waals surface area contributed by atoms with E-state index in [0.717, 1.165) is 4.90 Å². The summed E-state index contributed by atoms with van der Waals surface area (Å²) in [6.45, 7) is 0.674. The molecule has 0 spiro atoms. The molecule has 0 amide bonds. The molecule has 0 saturated carbocycles. The molecule has 0 bridgehead atoms. The summed E-state index contributed by atoms with van der Waals surface area (Å²) in [5.74, 6) is -3.83. The number of piperazine rings is 1. The van der Waals surface area contributed by atoms with Crippen molar-refractivity contribution >= 4 is 24.8 Å². The van der Waals surface area contributed by atoms with Gasteiger partial charge in [-0.3, -0.25) is 4.90 Å². The molecule has 0 unspecified atom stereocenters. The highest BCUT2D eigenvalue weighted by Gasteiger charge is 2.47. The molecule has 2 rings (SSSR count). The zero-order valence-electron chi connectivity index (χ0n) is 11.2. The lowest BCUT2D eigenvalue weighted by atomic mass is 10.0. The van der Waals surface area contributed by atoms with Gasteiger partial charge >= 0.3 is 6.18 Å². The first kappa shape index (κ1) is 21.2. The zero-order valence-corrected chi connectivity index (χ0v) is 12.8. The van der Waals surface area contributed by atoms with Gasteiger partial charge in [-0.05, 0) is 12.1 Å². The molecule has 0 aliphatic carbocycles. The average molecular weight is 369 g/mol. The SMILES string of the molecule is Cl.Cl.Oc1c(F)ccc(F)c1[C@@H](N1CCNCC1)C(F)(F)F. The monoisotopic (exact) mass is 368 g/mol. The van der Waals surface area contributed by atoms with Crippen LogP contribution >= 0.6 is 24.8 Å². The van der Waals surface area contributed by atoms with Crippen LogP contribution in [0.2, 0.25) is 0 Å². The fraction of sp³-hybridized carbons (Fsp3) is 0.500. The quantitative estimate of drug-likeness (QED) is 0.787. The van der Waals surface area contributed by atoms with Crippen LogP contribution in [0.5, 0.6) is 5.75 Å². The van der Waals surface area contributed by atoms with Crippen LogP contribution in [0, 0.1) is 11.6 Å². The average Bonchev–Trinajstić information content (AvgIpc) is 2.39. The number of nitrogens with zero attached hydrogens (tertiary/aromatic N) is 1. The van der Waals surface area contributed by atoms with Gasteiger partial charge in [0.25, 0.3) is 0 Å². The molecule has 1 atom stereocenters. The molecule has 128 valence electrons. The molecule has 1 aliphatic heterocycles. The van der Waals surface area contributed by atoms with E-state index in [1.165, 1.54) is 0 Å². The minimum absolute atomic E-state index is 0. The lowest BCUT2D eigenvalue weighted by molar-refractivity contribution is -0.189. The van der Waals surface area contributed by atoms with Crippen LogP contribution < -0.4 is 5.32 Å². The summed E-state index contributed by atoms with van der Waals surface area (Å²) in [6.07, 6.45) is -4.82. The molecule has 1 heterocycles. The van der Waals surface area contributed by atoms with E-state index in [0.29, 0.717) is 25.2 Å². The molecule has 3 nitrogen and oxygen atoms in total. The molecular formula is C12H15Cl2F5N2O. The summed E-state index contributed by atoms with van der Waals surface area (Å²) in [5.41, 5.74) is -1.06. The Morgan fingerprint density at radius 1 is 1.05 bits per heavy atom. The van der Waals surface area contributed by atoms with Crippen LogP contribution in [-0.4, -0.2) is 42.4 Å². The molecular weight excluding hydrogens is 354 g/mol. The van der Waals surface area contributed by atoms with Gasteiger partial charge in [-0.25, -0.2) is 8.78 Å². The van der Waals surface area contributed by atoms with Crippen LogP contribution in [0.15, 0.2) is 12.1 Å². The Morgan fingerprint density at radius 3 is 2.05 bits per heavy atom. The maximum Gasteiger partial charge on any atom is 0.408 e. The van der Waals surface area contributed by atoms with Gasteiger partial charge in [0, 0.05) is 26.2 Å². The second-order valence-corrected chi connectivity index (χ2v) is 4.52. The number of aromatic hydroxyl groups is 1. The van der Waals surface area contributed by atoms with Gasteiger partial charge in [0.2, 0.25) is 0 Å². The van der Waals surface area contributed by atoms with Crippen LogP contribution in [0.3, 0.4) is 0 Å². The number of phenolic OH excluding ortho intramolecular Hbond substituents is 1. The van der Waals surface area contributed by atoms with E-state index in [9.17, 15) is 27.1 Å². The predicted molar refractivity (Wildman–Crippen MR) is 75.8 cm³/mol. The van der Waals surface area contributed by atoms with Crippen molar-refractivity contribution in [3.05, 3.63) is 29.3 Å². The van der Waals surface area contributed by atoms with Gasteiger partial charge in [-0.15, -0.1) is 24.8 Å². The number of halogens is 7. The number of rotatable bonds is 2. The molecule has 10 heteroatoms. The lowest BCUT2D eigenvalue weighted by Gasteiger charge is -2.36. The summed E-state index contributed by atoms with van der Waals surface area (Å²) in [7, 11) is 0. The zero-order chi connectivity index (χ0) is 14.9. The number of benzene rings is 1. The summed E-state index contributed by atoms with van der Waals surface area (Å²) < 4.78 is 66.6. The Bertz CT molecular complexity index is 495. The van der Waals surface area contributed by atoms with E-state index in [1.807, 2.05) is 0 Å². The standard InChI is InChI=1S/C12H13F5N2O.2ClH/c13-7-1-2-8(14)10(20)9(7)11(12(15,16)17)19-5-3-18-4-6-19;;/h1-2,11,18,20H,3-6H2;2*1H/t11-;;/m1../s1. The number of hydrogen-bond acceptors (Lipinski definition) is 3. The van der Waals surface area contributed by atoms with Crippen molar-refractivity contribution in [2.24, 2.45) is 0 Å². The van der Waals surface area contributed by atoms with E-state index in [4.69, 9.17) is 0 Å². The number of phenols is 1. The van der Waals surface area contributed by atoms with Gasteiger partial charge in [-0.1, -0.05) is 0 Å². The van der Waals surface area contributed by atoms with Crippen LogP contribution in [-0.2, 0) is 0 Å². The fourth-order valence-corrected chi connectivity index (χ4v) is 2.31. The van der Waals surface area contributed by atoms with Crippen molar-refractivity contribution in [1.82, 2.24) is 10.2 Å². The molecule has 1 aromatic carbocycles. The first-order valence-corrected chi connectivity index (χ1v) is 6.00. The second-order valence-electron chi connectivity index (χ2n) is 4.52. The van der Waals surface area contributed by atoms with E-state index < -0.39 is 35.2 Å². The van der Waals surface area contributed by atoms with Gasteiger partial charge in [0.1, 0.15) is 11.9 Å². The van der Waals surface area contributed by atoms with Crippen molar-refractivity contribution in [2.75, 3.05) is 26.2 Å².